The molecule has 0 spiro atoms. The molecule has 4 heterocycles. The number of amides is 4. The second-order valence-electron chi connectivity index (χ2n) is 14.5. The molecule has 0 radical (unpaired) electrons. The van der Waals surface area contributed by atoms with Crippen LogP contribution in [0.5, 0.6) is 5.88 Å². The van der Waals surface area contributed by atoms with E-state index in [1.165, 1.54) is 11.3 Å². The van der Waals surface area contributed by atoms with Crippen molar-refractivity contribution in [3.63, 3.8) is 0 Å². The predicted octanol–water partition coefficient (Wildman–Crippen LogP) is 4.31. The summed E-state index contributed by atoms with van der Waals surface area (Å²) in [4.78, 5) is 64.8. The van der Waals surface area contributed by atoms with Gasteiger partial charge in [0.25, 0.3) is 11.8 Å². The zero-order valence-corrected chi connectivity index (χ0v) is 31.2. The van der Waals surface area contributed by atoms with Crippen molar-refractivity contribution in [1.82, 2.24) is 30.2 Å². The van der Waals surface area contributed by atoms with Crippen molar-refractivity contribution < 1.29 is 49.9 Å². The van der Waals surface area contributed by atoms with E-state index in [2.05, 4.69) is 25.3 Å². The Morgan fingerprint density at radius 2 is 1.85 bits per heavy atom. The van der Waals surface area contributed by atoms with Gasteiger partial charge in [0.05, 0.1) is 27.7 Å². The first kappa shape index (κ1) is 38.6. The van der Waals surface area contributed by atoms with Crippen LogP contribution in [0, 0.1) is 18.7 Å². The molecule has 19 heteroatoms. The van der Waals surface area contributed by atoms with Gasteiger partial charge in [-0.2, -0.15) is 13.2 Å². The van der Waals surface area contributed by atoms with Crippen LogP contribution in [-0.4, -0.2) is 82.4 Å². The van der Waals surface area contributed by atoms with E-state index in [1.807, 2.05) is 6.08 Å². The standard InChI is InChI=1S/C36H38F4N6O7S2/c1-19-13-14-54-28(19)31(48)42-25-8-6-4-2-3-5-7-20-17-35(20,34(50)45-55(51,52)23-10-11-23)44-30(47)27-16-22(18-46(27)33(25)49)53-32-29(36(38,39)40)41-24-12-9-21(37)15-26(24)43-32/h5,7,9,12-15,20,22-23,25,27H,2-4,6,8,10-11,16-18H2,1H3,(H,42,48)(H,44,47)(H,45,50)/b7-5-. The topological polar surface area (TPSA) is 177 Å². The van der Waals surface area contributed by atoms with Crippen LogP contribution in [0.3, 0.4) is 0 Å². The Balaban J connectivity index is 1.23. The molecule has 3 aromatic rings. The van der Waals surface area contributed by atoms with E-state index in [4.69, 9.17) is 4.74 Å². The number of fused-ring (bicyclic) bond motifs is 3. The average molecular weight is 807 g/mol. The molecule has 2 aliphatic carbocycles. The number of benzene rings is 1. The molecule has 3 fully saturated rings. The van der Waals surface area contributed by atoms with Crippen LogP contribution >= 0.6 is 11.3 Å². The molecule has 2 saturated carbocycles. The van der Waals surface area contributed by atoms with Crippen LogP contribution < -0.4 is 20.1 Å². The van der Waals surface area contributed by atoms with Crippen LogP contribution in [0.1, 0.15) is 78.7 Å². The van der Waals surface area contributed by atoms with E-state index in [1.54, 1.807) is 24.4 Å². The Bertz CT molecular complexity index is 2180. The highest BCUT2D eigenvalue weighted by Gasteiger charge is 2.62. The lowest BCUT2D eigenvalue weighted by Gasteiger charge is -2.30. The highest BCUT2D eigenvalue weighted by molar-refractivity contribution is 7.91. The number of thiophene rings is 1. The summed E-state index contributed by atoms with van der Waals surface area (Å²) in [6, 6.07) is 2.05. The van der Waals surface area contributed by atoms with Crippen LogP contribution in [0.15, 0.2) is 41.8 Å². The molecular weight excluding hydrogens is 769 g/mol. The van der Waals surface area contributed by atoms with E-state index in [0.29, 0.717) is 49.0 Å². The van der Waals surface area contributed by atoms with Crippen LogP contribution in [-0.2, 0) is 30.6 Å². The summed E-state index contributed by atoms with van der Waals surface area (Å²) in [6.07, 6.45) is 0.398. The number of ether oxygens (including phenoxy) is 1. The summed E-state index contributed by atoms with van der Waals surface area (Å²) < 4.78 is 90.3. The average Bonchev–Trinajstić information content (AvgIpc) is 4.01. The minimum Gasteiger partial charge on any atom is -0.471 e. The van der Waals surface area contributed by atoms with E-state index in [-0.39, 0.29) is 30.3 Å². The summed E-state index contributed by atoms with van der Waals surface area (Å²) in [7, 11) is -4.00. The predicted molar refractivity (Wildman–Crippen MR) is 191 cm³/mol. The lowest BCUT2D eigenvalue weighted by Crippen LogP contribution is -2.58. The lowest BCUT2D eigenvalue weighted by atomic mass is 10.0. The molecule has 294 valence electrons. The third kappa shape index (κ3) is 8.17. The van der Waals surface area contributed by atoms with E-state index in [9.17, 15) is 45.2 Å². The molecule has 5 unspecified atom stereocenters. The Kier molecular flexibility index (Phi) is 10.4. The van der Waals surface area contributed by atoms with Gasteiger partial charge in [0.1, 0.15) is 29.5 Å². The number of halogens is 4. The molecule has 1 saturated heterocycles. The fourth-order valence-electron chi connectivity index (χ4n) is 7.11. The number of aryl methyl sites for hydroxylation is 1. The van der Waals surface area contributed by atoms with Crippen molar-refractivity contribution in [2.24, 2.45) is 5.92 Å². The lowest BCUT2D eigenvalue weighted by molar-refractivity contribution is -0.143. The minimum absolute atomic E-state index is 0.0683. The van der Waals surface area contributed by atoms with Gasteiger partial charge in [-0.05, 0) is 74.6 Å². The largest absolute Gasteiger partial charge is 0.471 e. The minimum atomic E-state index is -5.05. The number of carbonyl (C=O) groups excluding carboxylic acids is 4. The molecule has 2 aliphatic heterocycles. The van der Waals surface area contributed by atoms with E-state index >= 15 is 0 Å². The number of nitrogens with zero attached hydrogens (tertiary/aromatic N) is 3. The third-order valence-electron chi connectivity index (χ3n) is 10.4. The molecular formula is C36H38F4N6O7S2. The van der Waals surface area contributed by atoms with Crippen molar-refractivity contribution in [3.05, 3.63) is 63.7 Å². The van der Waals surface area contributed by atoms with Crippen molar-refractivity contribution in [2.45, 2.75) is 99.9 Å². The number of allylic oxidation sites excluding steroid dienone is 1. The number of aromatic nitrogens is 2. The first-order valence-corrected chi connectivity index (χ1v) is 20.4. The maximum Gasteiger partial charge on any atom is 0.438 e. The Hall–Kier alpha value is -4.65. The zero-order valence-electron chi connectivity index (χ0n) is 29.5. The van der Waals surface area contributed by atoms with Gasteiger partial charge < -0.3 is 20.3 Å². The monoisotopic (exact) mass is 806 g/mol. The normalized spacial score (nSPS) is 26.9. The summed E-state index contributed by atoms with van der Waals surface area (Å²) in [5.74, 6) is -5.35. The van der Waals surface area contributed by atoms with Crippen molar-refractivity contribution >= 4 is 56.0 Å². The van der Waals surface area contributed by atoms with E-state index in [0.717, 1.165) is 23.1 Å². The zero-order chi connectivity index (χ0) is 39.3. The summed E-state index contributed by atoms with van der Waals surface area (Å²) >= 11 is 1.18. The fourth-order valence-corrected chi connectivity index (χ4v) is 9.30. The van der Waals surface area contributed by atoms with Gasteiger partial charge in [-0.1, -0.05) is 25.0 Å². The fraction of sp³-hybridized carbons (Fsp3) is 0.500. The highest BCUT2D eigenvalue weighted by Crippen LogP contribution is 2.46. The number of hydrogen-bond acceptors (Lipinski definition) is 10. The first-order valence-electron chi connectivity index (χ1n) is 18.0. The van der Waals surface area contributed by atoms with Crippen LogP contribution in [0.4, 0.5) is 17.6 Å². The Morgan fingerprint density at radius 3 is 2.56 bits per heavy atom. The molecule has 3 N–H and O–H groups in total. The van der Waals surface area contributed by atoms with Gasteiger partial charge in [-0.15, -0.1) is 11.3 Å². The molecule has 7 rings (SSSR count). The summed E-state index contributed by atoms with van der Waals surface area (Å²) in [6.45, 7) is 1.31. The van der Waals surface area contributed by atoms with Crippen molar-refractivity contribution in [2.75, 3.05) is 6.54 Å². The number of rotatable bonds is 7. The number of sulfonamides is 1. The third-order valence-corrected chi connectivity index (χ3v) is 13.2. The Morgan fingerprint density at radius 1 is 1.07 bits per heavy atom. The number of alkyl halides is 3. The maximum atomic E-state index is 14.5. The summed E-state index contributed by atoms with van der Waals surface area (Å²) in [5.41, 5.74) is -2.95. The van der Waals surface area contributed by atoms with Gasteiger partial charge in [-0.3, -0.25) is 23.9 Å². The van der Waals surface area contributed by atoms with Gasteiger partial charge in [-0.25, -0.2) is 22.8 Å². The maximum absolute atomic E-state index is 14.5. The SMILES string of the molecule is Cc1ccsc1C(=O)NC1CCCCC/C=C\C2CC2(C(=O)NS(=O)(=O)C2CC2)NC(=O)C2CC(Oc3nc4cc(F)ccc4nc3C(F)(F)F)CN2C1=O. The number of carbonyl (C=O) groups is 4. The van der Waals surface area contributed by atoms with E-state index < -0.39 is 98.7 Å². The Labute approximate surface area is 317 Å². The summed E-state index contributed by atoms with van der Waals surface area (Å²) in [5, 5.41) is 6.49. The van der Waals surface area contributed by atoms with Gasteiger partial charge in [0, 0.05) is 18.4 Å². The molecule has 2 aromatic heterocycles. The van der Waals surface area contributed by atoms with Crippen molar-refractivity contribution in [3.8, 4) is 5.88 Å². The smallest absolute Gasteiger partial charge is 0.438 e. The molecule has 4 aliphatic rings. The molecule has 13 nitrogen and oxygen atoms in total. The second kappa shape index (κ2) is 14.8. The van der Waals surface area contributed by atoms with Gasteiger partial charge >= 0.3 is 6.18 Å². The molecule has 55 heavy (non-hydrogen) atoms. The second-order valence-corrected chi connectivity index (χ2v) is 17.3. The van der Waals surface area contributed by atoms with Gasteiger partial charge in [0.15, 0.2) is 0 Å². The first-order chi connectivity index (χ1) is 26.1. The molecule has 4 amide bonds. The highest BCUT2D eigenvalue weighted by atomic mass is 32.2. The molecule has 5 atom stereocenters. The van der Waals surface area contributed by atoms with Crippen LogP contribution in [0.2, 0.25) is 0 Å². The van der Waals surface area contributed by atoms with Crippen molar-refractivity contribution in [1.29, 1.82) is 0 Å². The molecule has 0 bridgehead atoms. The van der Waals surface area contributed by atoms with Gasteiger partial charge in [0.2, 0.25) is 33.4 Å². The number of hydrogen-bond donors (Lipinski definition) is 3. The quantitative estimate of drug-likeness (QED) is 0.232. The molecule has 1 aromatic carbocycles. The van der Waals surface area contributed by atoms with Crippen LogP contribution in [0.25, 0.3) is 11.0 Å². The number of nitrogens with one attached hydrogen (secondary N) is 3.